The first-order valence-corrected chi connectivity index (χ1v) is 5.51. The Morgan fingerprint density at radius 3 is 2.47 bits per heavy atom. The molecule has 0 amide bonds. The van der Waals surface area contributed by atoms with Crippen LogP contribution in [0.3, 0.4) is 0 Å². The fraction of sp³-hybridized carbons (Fsp3) is 0.750. The Hall–Kier alpha value is -0.830. The number of carbonyl (C=O) groups is 1. The van der Waals surface area contributed by atoms with Crippen molar-refractivity contribution in [1.82, 2.24) is 0 Å². The van der Waals surface area contributed by atoms with E-state index in [0.29, 0.717) is 19.6 Å². The summed E-state index contributed by atoms with van der Waals surface area (Å²) in [5, 5.41) is 0. The van der Waals surface area contributed by atoms with E-state index in [4.69, 9.17) is 9.47 Å². The Morgan fingerprint density at radius 1 is 1.33 bits per heavy atom. The maximum atomic E-state index is 11.2. The maximum Gasteiger partial charge on any atom is 0.308 e. The van der Waals surface area contributed by atoms with Gasteiger partial charge in [0.25, 0.3) is 0 Å². The molecule has 0 N–H and O–H groups in total. The van der Waals surface area contributed by atoms with Crippen LogP contribution in [-0.2, 0) is 14.3 Å². The van der Waals surface area contributed by atoms with E-state index in [2.05, 4.69) is 6.58 Å². The molecule has 0 aromatic heterocycles. The summed E-state index contributed by atoms with van der Waals surface area (Å²) in [6.45, 7) is 10.6. The summed E-state index contributed by atoms with van der Waals surface area (Å²) in [6, 6.07) is 0. The van der Waals surface area contributed by atoms with Crippen LogP contribution in [0.1, 0.15) is 40.0 Å². The van der Waals surface area contributed by atoms with Crippen LogP contribution in [0.25, 0.3) is 0 Å². The molecule has 0 aromatic rings. The second kappa shape index (κ2) is 8.48. The fourth-order valence-electron chi connectivity index (χ4n) is 1.29. The highest BCUT2D eigenvalue weighted by Gasteiger charge is 2.14. The average molecular weight is 214 g/mol. The van der Waals surface area contributed by atoms with Crippen molar-refractivity contribution < 1.29 is 14.3 Å². The smallest absolute Gasteiger partial charge is 0.308 e. The van der Waals surface area contributed by atoms with E-state index >= 15 is 0 Å². The molecule has 0 saturated carbocycles. The summed E-state index contributed by atoms with van der Waals surface area (Å²) >= 11 is 0. The molecule has 1 unspecified atom stereocenters. The quantitative estimate of drug-likeness (QED) is 0.460. The third kappa shape index (κ3) is 8.18. The van der Waals surface area contributed by atoms with E-state index in [9.17, 15) is 4.79 Å². The van der Waals surface area contributed by atoms with Crippen molar-refractivity contribution in [2.45, 2.75) is 46.1 Å². The predicted molar refractivity (Wildman–Crippen MR) is 60.7 cm³/mol. The molecular weight excluding hydrogens is 192 g/mol. The molecule has 88 valence electrons. The van der Waals surface area contributed by atoms with Gasteiger partial charge >= 0.3 is 5.97 Å². The molecule has 3 nitrogen and oxygen atoms in total. The Kier molecular flexibility index (Phi) is 8.01. The molecule has 3 heteroatoms. The van der Waals surface area contributed by atoms with Crippen LogP contribution in [0.2, 0.25) is 0 Å². The minimum atomic E-state index is -0.183. The van der Waals surface area contributed by atoms with E-state index in [0.717, 1.165) is 18.4 Å². The Morgan fingerprint density at radius 2 is 2.00 bits per heavy atom. The Labute approximate surface area is 92.5 Å². The first kappa shape index (κ1) is 14.2. The zero-order valence-corrected chi connectivity index (χ0v) is 10.0. The lowest BCUT2D eigenvalue weighted by atomic mass is 10.1. The molecule has 0 bridgehead atoms. The van der Waals surface area contributed by atoms with Gasteiger partial charge in [0.2, 0.25) is 0 Å². The topological polar surface area (TPSA) is 35.5 Å². The summed E-state index contributed by atoms with van der Waals surface area (Å²) in [6.07, 6.45) is 2.03. The van der Waals surface area contributed by atoms with E-state index < -0.39 is 0 Å². The van der Waals surface area contributed by atoms with Gasteiger partial charge in [-0.3, -0.25) is 4.79 Å². The lowest BCUT2D eigenvalue weighted by molar-refractivity contribution is -0.146. The molecule has 0 fully saturated rings. The Bertz CT molecular complexity index is 199. The molecule has 15 heavy (non-hydrogen) atoms. The van der Waals surface area contributed by atoms with Gasteiger partial charge in [0.15, 0.2) is 0 Å². The second-order valence-corrected chi connectivity index (χ2v) is 3.58. The minimum Gasteiger partial charge on any atom is -0.466 e. The molecule has 0 aromatic carbocycles. The van der Waals surface area contributed by atoms with Gasteiger partial charge in [-0.15, -0.1) is 6.58 Å². The molecule has 1 atom stereocenters. The van der Waals surface area contributed by atoms with Gasteiger partial charge in [-0.05, 0) is 33.6 Å². The van der Waals surface area contributed by atoms with Crippen molar-refractivity contribution in [2.24, 2.45) is 0 Å². The van der Waals surface area contributed by atoms with Crippen LogP contribution < -0.4 is 0 Å². The van der Waals surface area contributed by atoms with E-state index in [1.807, 2.05) is 20.8 Å². The normalized spacial score (nSPS) is 12.2. The largest absolute Gasteiger partial charge is 0.466 e. The van der Waals surface area contributed by atoms with Gasteiger partial charge in [-0.25, -0.2) is 0 Å². The van der Waals surface area contributed by atoms with Crippen LogP contribution in [0.5, 0.6) is 0 Å². The lowest BCUT2D eigenvalue weighted by Gasteiger charge is -2.15. The van der Waals surface area contributed by atoms with Crippen molar-refractivity contribution in [2.75, 3.05) is 13.2 Å². The molecule has 0 spiro atoms. The van der Waals surface area contributed by atoms with Gasteiger partial charge in [0, 0.05) is 6.61 Å². The van der Waals surface area contributed by atoms with E-state index in [1.165, 1.54) is 0 Å². The highest BCUT2D eigenvalue weighted by atomic mass is 16.5. The summed E-state index contributed by atoms with van der Waals surface area (Å²) in [7, 11) is 0. The van der Waals surface area contributed by atoms with Gasteiger partial charge in [0.05, 0.1) is 19.1 Å². The average Bonchev–Trinajstić information content (AvgIpc) is 2.15. The van der Waals surface area contributed by atoms with Crippen molar-refractivity contribution in [3.8, 4) is 0 Å². The second-order valence-electron chi connectivity index (χ2n) is 3.58. The van der Waals surface area contributed by atoms with Crippen LogP contribution in [0, 0.1) is 0 Å². The van der Waals surface area contributed by atoms with Gasteiger partial charge in [0.1, 0.15) is 0 Å². The number of ether oxygens (including phenoxy) is 2. The fourth-order valence-corrected chi connectivity index (χ4v) is 1.29. The number of allylic oxidation sites excluding steroid dienone is 1. The van der Waals surface area contributed by atoms with Crippen molar-refractivity contribution in [3.63, 3.8) is 0 Å². The highest BCUT2D eigenvalue weighted by molar-refractivity contribution is 5.69. The summed E-state index contributed by atoms with van der Waals surface area (Å²) in [5.74, 6) is -0.183. The zero-order chi connectivity index (χ0) is 11.7. The molecule has 0 aliphatic rings. The number of rotatable bonds is 8. The summed E-state index contributed by atoms with van der Waals surface area (Å²) in [4.78, 5) is 11.2. The molecule has 0 heterocycles. The van der Waals surface area contributed by atoms with Gasteiger partial charge in [-0.1, -0.05) is 5.57 Å². The van der Waals surface area contributed by atoms with Crippen LogP contribution in [-0.4, -0.2) is 25.3 Å². The van der Waals surface area contributed by atoms with Crippen molar-refractivity contribution in [1.29, 1.82) is 0 Å². The van der Waals surface area contributed by atoms with E-state index in [-0.39, 0.29) is 12.1 Å². The summed E-state index contributed by atoms with van der Waals surface area (Å²) < 4.78 is 10.4. The van der Waals surface area contributed by atoms with Crippen molar-refractivity contribution in [3.05, 3.63) is 12.2 Å². The maximum absolute atomic E-state index is 11.2. The Balaban J connectivity index is 3.91. The number of hydrogen-bond donors (Lipinski definition) is 0. The number of hydrogen-bond acceptors (Lipinski definition) is 3. The van der Waals surface area contributed by atoms with E-state index in [1.54, 1.807) is 0 Å². The van der Waals surface area contributed by atoms with Crippen LogP contribution >= 0.6 is 0 Å². The third-order valence-electron chi connectivity index (χ3n) is 2.00. The zero-order valence-electron chi connectivity index (χ0n) is 10.0. The van der Waals surface area contributed by atoms with Crippen molar-refractivity contribution >= 4 is 5.97 Å². The first-order valence-electron chi connectivity index (χ1n) is 5.51. The van der Waals surface area contributed by atoms with Gasteiger partial charge in [-0.2, -0.15) is 0 Å². The van der Waals surface area contributed by atoms with Crippen LogP contribution in [0.4, 0.5) is 0 Å². The molecule has 0 saturated heterocycles. The lowest BCUT2D eigenvalue weighted by Crippen LogP contribution is -2.19. The molecular formula is C12H22O3. The SMILES string of the molecule is C=C(C)CCC(CC(=O)OCC)OCC. The van der Waals surface area contributed by atoms with Crippen LogP contribution in [0.15, 0.2) is 12.2 Å². The molecule has 0 aliphatic heterocycles. The third-order valence-corrected chi connectivity index (χ3v) is 2.00. The molecule has 0 radical (unpaired) electrons. The molecule has 0 aliphatic carbocycles. The minimum absolute atomic E-state index is 0.0363. The highest BCUT2D eigenvalue weighted by Crippen LogP contribution is 2.11. The van der Waals surface area contributed by atoms with Gasteiger partial charge < -0.3 is 9.47 Å². The molecule has 0 rings (SSSR count). The number of esters is 1. The number of carbonyl (C=O) groups excluding carboxylic acids is 1. The monoisotopic (exact) mass is 214 g/mol. The standard InChI is InChI=1S/C12H22O3/c1-5-14-11(8-7-10(3)4)9-12(13)15-6-2/h11H,3,5-9H2,1-2,4H3. The summed E-state index contributed by atoms with van der Waals surface area (Å²) in [5.41, 5.74) is 1.11. The first-order chi connectivity index (χ1) is 7.10. The predicted octanol–water partition coefficient (Wildman–Crippen LogP) is 2.70.